The van der Waals surface area contributed by atoms with Crippen LogP contribution in [0.5, 0.6) is 11.5 Å². The van der Waals surface area contributed by atoms with Crippen LogP contribution in [0.25, 0.3) is 27.4 Å². The summed E-state index contributed by atoms with van der Waals surface area (Å²) in [7, 11) is 2.10. The Morgan fingerprint density at radius 1 is 1.05 bits per heavy atom. The molecule has 1 unspecified atom stereocenters. The van der Waals surface area contributed by atoms with Crippen molar-refractivity contribution in [2.45, 2.75) is 25.3 Å². The lowest BCUT2D eigenvalue weighted by Gasteiger charge is -2.28. The molecule has 224 valence electrons. The third-order valence-electron chi connectivity index (χ3n) is 9.03. The van der Waals surface area contributed by atoms with E-state index in [0.29, 0.717) is 55.8 Å². The van der Waals surface area contributed by atoms with E-state index in [2.05, 4.69) is 27.5 Å². The van der Waals surface area contributed by atoms with Crippen molar-refractivity contribution in [3.63, 3.8) is 0 Å². The van der Waals surface area contributed by atoms with Gasteiger partial charge in [0.1, 0.15) is 16.8 Å². The summed E-state index contributed by atoms with van der Waals surface area (Å²) in [5, 5.41) is 8.12. The summed E-state index contributed by atoms with van der Waals surface area (Å²) in [6.45, 7) is 5.73. The molecule has 2 saturated heterocycles. The van der Waals surface area contributed by atoms with Gasteiger partial charge in [-0.3, -0.25) is 14.5 Å². The second kappa shape index (κ2) is 11.6. The number of hydrogen-bond donors (Lipinski definition) is 2. The van der Waals surface area contributed by atoms with E-state index >= 15 is 4.39 Å². The van der Waals surface area contributed by atoms with Crippen molar-refractivity contribution in [3.8, 4) is 17.2 Å². The molecule has 4 aromatic rings. The first-order chi connectivity index (χ1) is 21.0. The molecule has 0 saturated carbocycles. The molecule has 7 rings (SSSR count). The number of fused-ring (bicyclic) bond motifs is 4. The van der Waals surface area contributed by atoms with E-state index in [1.54, 1.807) is 6.20 Å². The van der Waals surface area contributed by atoms with E-state index in [0.717, 1.165) is 49.7 Å². The van der Waals surface area contributed by atoms with Crippen LogP contribution in [0.2, 0.25) is 0 Å². The van der Waals surface area contributed by atoms with Crippen LogP contribution in [-0.2, 0) is 4.74 Å². The van der Waals surface area contributed by atoms with Gasteiger partial charge in [0.15, 0.2) is 17.3 Å². The second-order valence-electron chi connectivity index (χ2n) is 11.6. The van der Waals surface area contributed by atoms with E-state index in [4.69, 9.17) is 9.47 Å². The number of anilines is 1. The van der Waals surface area contributed by atoms with Gasteiger partial charge < -0.3 is 29.6 Å². The molecule has 1 atom stereocenters. The molecule has 1 aromatic heterocycles. The number of rotatable bonds is 8. The molecule has 9 nitrogen and oxygen atoms in total. The summed E-state index contributed by atoms with van der Waals surface area (Å²) in [5.41, 5.74) is 0.780. The minimum atomic E-state index is -0.598. The van der Waals surface area contributed by atoms with Gasteiger partial charge >= 0.3 is 0 Å². The summed E-state index contributed by atoms with van der Waals surface area (Å²) >= 11 is 0. The monoisotopic (exact) mass is 585 g/mol. The minimum absolute atomic E-state index is 0.0216. The van der Waals surface area contributed by atoms with Crippen molar-refractivity contribution in [1.82, 2.24) is 19.7 Å². The van der Waals surface area contributed by atoms with Crippen LogP contribution in [0.15, 0.2) is 53.5 Å². The van der Waals surface area contributed by atoms with Gasteiger partial charge in [-0.15, -0.1) is 0 Å². The second-order valence-corrected chi connectivity index (χ2v) is 11.6. The number of carbonyl (C=O) groups is 1. The quantitative estimate of drug-likeness (QED) is 0.280. The largest absolute Gasteiger partial charge is 0.450 e. The smallest absolute Gasteiger partial charge is 0.256 e. The Morgan fingerprint density at radius 2 is 1.88 bits per heavy atom. The fourth-order valence-corrected chi connectivity index (χ4v) is 6.63. The average Bonchev–Trinajstić information content (AvgIpc) is 3.44. The van der Waals surface area contributed by atoms with Gasteiger partial charge in [-0.2, -0.15) is 0 Å². The summed E-state index contributed by atoms with van der Waals surface area (Å²) < 4.78 is 29.6. The number of carbonyl (C=O) groups excluding carboxylic acids is 1. The number of morpholine rings is 1. The van der Waals surface area contributed by atoms with Gasteiger partial charge in [0.25, 0.3) is 5.91 Å². The fraction of sp³-hybridized carbons (Fsp3) is 0.394. The maximum Gasteiger partial charge on any atom is 0.256 e. The zero-order chi connectivity index (χ0) is 29.5. The Hall–Kier alpha value is -3.99. The van der Waals surface area contributed by atoms with E-state index in [1.165, 1.54) is 6.07 Å². The molecule has 3 aromatic carbocycles. The molecule has 0 bridgehead atoms. The topological polar surface area (TPSA) is 88.1 Å². The molecule has 4 heterocycles. The molecule has 2 fully saturated rings. The molecular weight excluding hydrogens is 549 g/mol. The number of halogens is 1. The first kappa shape index (κ1) is 27.8. The molecule has 3 aliphatic rings. The minimum Gasteiger partial charge on any atom is -0.450 e. The van der Waals surface area contributed by atoms with E-state index in [1.807, 2.05) is 41.0 Å². The van der Waals surface area contributed by atoms with Crippen LogP contribution in [-0.4, -0.2) is 85.8 Å². The lowest BCUT2D eigenvalue weighted by atomic mass is 10.0. The Labute approximate surface area is 249 Å². The zero-order valence-corrected chi connectivity index (χ0v) is 24.3. The number of likely N-dealkylation sites (tertiary alicyclic amines) is 1. The number of benzene rings is 3. The van der Waals surface area contributed by atoms with Crippen LogP contribution in [0, 0.1) is 5.82 Å². The predicted molar refractivity (Wildman–Crippen MR) is 165 cm³/mol. The molecule has 2 N–H and O–H groups in total. The number of hydrogen-bond acceptors (Lipinski definition) is 7. The molecular formula is C33H36FN5O4. The predicted octanol–water partition coefficient (Wildman–Crippen LogP) is 4.35. The highest BCUT2D eigenvalue weighted by molar-refractivity contribution is 6.03. The highest BCUT2D eigenvalue weighted by Gasteiger charge is 2.30. The molecule has 1 amide bonds. The number of ether oxygens (including phenoxy) is 2. The van der Waals surface area contributed by atoms with Gasteiger partial charge in [-0.1, -0.05) is 30.3 Å². The Balaban J connectivity index is 1.29. The molecule has 0 spiro atoms. The average molecular weight is 586 g/mol. The number of nitrogens with one attached hydrogen (secondary N) is 2. The van der Waals surface area contributed by atoms with Gasteiger partial charge in [-0.25, -0.2) is 4.39 Å². The van der Waals surface area contributed by atoms with Crippen molar-refractivity contribution < 1.29 is 18.7 Å². The first-order valence-electron chi connectivity index (χ1n) is 15.1. The highest BCUT2D eigenvalue weighted by Crippen LogP contribution is 2.47. The number of amides is 1. The lowest BCUT2D eigenvalue weighted by molar-refractivity contribution is 0.0398. The van der Waals surface area contributed by atoms with Crippen LogP contribution >= 0.6 is 0 Å². The molecule has 0 radical (unpaired) electrons. The van der Waals surface area contributed by atoms with Gasteiger partial charge in [0.2, 0.25) is 5.43 Å². The van der Waals surface area contributed by atoms with Crippen molar-refractivity contribution in [2.24, 2.45) is 0 Å². The zero-order valence-electron chi connectivity index (χ0n) is 24.3. The van der Waals surface area contributed by atoms with Crippen molar-refractivity contribution in [3.05, 3.63) is 70.3 Å². The summed E-state index contributed by atoms with van der Waals surface area (Å²) in [6.07, 6.45) is 4.64. The van der Waals surface area contributed by atoms with Gasteiger partial charge in [0.05, 0.1) is 24.3 Å². The Kier molecular flexibility index (Phi) is 7.50. The Bertz CT molecular complexity index is 1770. The lowest BCUT2D eigenvalue weighted by Crippen LogP contribution is -2.39. The first-order valence-corrected chi connectivity index (χ1v) is 15.1. The van der Waals surface area contributed by atoms with E-state index in [9.17, 15) is 9.59 Å². The summed E-state index contributed by atoms with van der Waals surface area (Å²) in [6, 6.07) is 13.4. The molecule has 0 aliphatic carbocycles. The van der Waals surface area contributed by atoms with Crippen LogP contribution in [0.1, 0.15) is 29.6 Å². The van der Waals surface area contributed by atoms with E-state index < -0.39 is 17.2 Å². The molecule has 3 aliphatic heterocycles. The maximum atomic E-state index is 15.9. The normalized spacial score (nSPS) is 18.5. The van der Waals surface area contributed by atoms with Crippen molar-refractivity contribution in [1.29, 1.82) is 0 Å². The maximum absolute atomic E-state index is 15.9. The number of nitrogens with zero attached hydrogens (tertiary/aromatic N) is 3. The van der Waals surface area contributed by atoms with Gasteiger partial charge in [-0.05, 0) is 50.4 Å². The van der Waals surface area contributed by atoms with Crippen molar-refractivity contribution in [2.75, 3.05) is 64.8 Å². The van der Waals surface area contributed by atoms with Gasteiger partial charge in [0, 0.05) is 50.3 Å². The third-order valence-corrected chi connectivity index (χ3v) is 9.03. The standard InChI is InChI=1S/C33H36FN5O4/c1-37-13-4-6-22(37)10-11-36-33(41)25-20-39-27-9-8-21-5-2-3-7-23(21)31(27)43-32-28(26(34)19-24(29(32)39)30(25)40)35-12-14-38-15-17-42-18-16-38/h2-3,5,7-9,19-20,22,35H,4,6,10-18H2,1H3,(H,36,41). The third kappa shape index (κ3) is 5.13. The van der Waals surface area contributed by atoms with Crippen molar-refractivity contribution >= 4 is 33.3 Å². The van der Waals surface area contributed by atoms with Crippen LogP contribution in [0.3, 0.4) is 0 Å². The summed E-state index contributed by atoms with van der Waals surface area (Å²) in [5.74, 6) is -0.263. The highest BCUT2D eigenvalue weighted by atomic mass is 19.1. The number of aromatic nitrogens is 1. The summed E-state index contributed by atoms with van der Waals surface area (Å²) in [4.78, 5) is 31.7. The number of pyridine rings is 1. The molecule has 10 heteroatoms. The fourth-order valence-electron chi connectivity index (χ4n) is 6.63. The molecule has 43 heavy (non-hydrogen) atoms. The Morgan fingerprint density at radius 3 is 2.70 bits per heavy atom. The van der Waals surface area contributed by atoms with E-state index in [-0.39, 0.29) is 22.4 Å². The van der Waals surface area contributed by atoms with Crippen LogP contribution < -0.4 is 20.8 Å². The SMILES string of the molecule is CN1CCCC1CCNC(=O)c1cn2c3c(c(NCCN4CCOCC4)c(F)cc3c1=O)Oc1c-2ccc2ccccc12. The van der Waals surface area contributed by atoms with Crippen LogP contribution in [0.4, 0.5) is 10.1 Å².